The molecular formula is C34H36ClF4N9O3. The topological polar surface area (TPSA) is 145 Å². The van der Waals surface area contributed by atoms with Crippen LogP contribution in [0, 0.1) is 10.8 Å². The van der Waals surface area contributed by atoms with Gasteiger partial charge in [0.25, 0.3) is 12.3 Å². The van der Waals surface area contributed by atoms with Crippen LogP contribution in [0.2, 0.25) is 5.02 Å². The number of ether oxygens (including phenoxy) is 1. The molecule has 6 rings (SSSR count). The second-order valence-corrected chi connectivity index (χ2v) is 14.2. The number of aromatic amines is 1. The van der Waals surface area contributed by atoms with Crippen molar-refractivity contribution in [3.63, 3.8) is 0 Å². The lowest BCUT2D eigenvalue weighted by molar-refractivity contribution is -0.135. The predicted octanol–water partition coefficient (Wildman–Crippen LogP) is 6.99. The maximum atomic E-state index is 14.9. The average molecular weight is 730 g/mol. The Bertz CT molecular complexity index is 1900. The molecule has 0 spiro atoms. The summed E-state index contributed by atoms with van der Waals surface area (Å²) in [4.78, 5) is 34.5. The van der Waals surface area contributed by atoms with E-state index in [1.165, 1.54) is 23.6 Å². The maximum absolute atomic E-state index is 14.9. The third-order valence-corrected chi connectivity index (χ3v) is 9.07. The molecule has 2 amide bonds. The van der Waals surface area contributed by atoms with E-state index in [9.17, 15) is 27.2 Å². The molecule has 0 bridgehead atoms. The maximum Gasteiger partial charge on any atom is 0.410 e. The van der Waals surface area contributed by atoms with E-state index in [1.54, 1.807) is 42.5 Å². The van der Waals surface area contributed by atoms with Crippen molar-refractivity contribution in [3.8, 4) is 22.5 Å². The minimum Gasteiger partial charge on any atom is -0.447 e. The molecule has 3 heterocycles. The molecular weight excluding hydrogens is 694 g/mol. The predicted molar refractivity (Wildman–Crippen MR) is 179 cm³/mol. The fraction of sp³-hybridized carbons (Fsp3) is 0.412. The van der Waals surface area contributed by atoms with Crippen LogP contribution < -0.4 is 5.32 Å². The first-order valence-electron chi connectivity index (χ1n) is 16.2. The number of rotatable bonds is 12. The van der Waals surface area contributed by atoms with E-state index in [0.29, 0.717) is 56.2 Å². The first-order chi connectivity index (χ1) is 24.2. The normalized spacial score (nSPS) is 18.4. The smallest absolute Gasteiger partial charge is 0.410 e. The zero-order valence-corrected chi connectivity index (χ0v) is 28.7. The van der Waals surface area contributed by atoms with Crippen LogP contribution in [0.1, 0.15) is 63.8 Å². The molecule has 17 heteroatoms. The number of amides is 2. The summed E-state index contributed by atoms with van der Waals surface area (Å²) in [6, 6.07) is 10.1. The van der Waals surface area contributed by atoms with E-state index >= 15 is 0 Å². The summed E-state index contributed by atoms with van der Waals surface area (Å²) in [5, 5.41) is 22.9. The molecule has 2 atom stereocenters. The molecule has 0 radical (unpaired) electrons. The van der Waals surface area contributed by atoms with E-state index < -0.39 is 55.1 Å². The SMILES string of the molecule is CC(C)(C)C[C@]1(c2ccc(-c3cnn(C(F)F)c3)cc2)NC(=N)N([C@H](COC(=O)N(CC(F)F)C2CC2)c2ccc(Cl)c(-c3ncn[nH]3)c2)C1=O. The first kappa shape index (κ1) is 35.8. The largest absolute Gasteiger partial charge is 0.447 e. The van der Waals surface area contributed by atoms with Gasteiger partial charge in [-0.15, -0.1) is 0 Å². The van der Waals surface area contributed by atoms with Gasteiger partial charge < -0.3 is 10.1 Å². The summed E-state index contributed by atoms with van der Waals surface area (Å²) in [5.74, 6) is -0.475. The monoisotopic (exact) mass is 729 g/mol. The molecule has 3 N–H and O–H groups in total. The van der Waals surface area contributed by atoms with Gasteiger partial charge in [0.05, 0.1) is 23.8 Å². The third-order valence-electron chi connectivity index (χ3n) is 8.74. The number of hydrogen-bond donors (Lipinski definition) is 3. The number of hydrogen-bond acceptors (Lipinski definition) is 7. The molecule has 2 aromatic carbocycles. The van der Waals surface area contributed by atoms with Gasteiger partial charge in [-0.3, -0.25) is 25.1 Å². The van der Waals surface area contributed by atoms with Crippen LogP contribution in [0.25, 0.3) is 22.5 Å². The van der Waals surface area contributed by atoms with Gasteiger partial charge in [0.1, 0.15) is 18.5 Å². The summed E-state index contributed by atoms with van der Waals surface area (Å²) in [5.41, 5.74) is 0.457. The molecule has 0 unspecified atom stereocenters. The number of guanidine groups is 1. The van der Waals surface area contributed by atoms with E-state index in [-0.39, 0.29) is 18.4 Å². The third kappa shape index (κ3) is 7.55. The Labute approximate surface area is 295 Å². The second-order valence-electron chi connectivity index (χ2n) is 13.8. The fourth-order valence-electron chi connectivity index (χ4n) is 6.40. The van der Waals surface area contributed by atoms with Crippen LogP contribution in [-0.4, -0.2) is 78.3 Å². The van der Waals surface area contributed by atoms with Crippen LogP contribution in [0.4, 0.5) is 22.4 Å². The highest BCUT2D eigenvalue weighted by atomic mass is 35.5. The summed E-state index contributed by atoms with van der Waals surface area (Å²) >= 11 is 6.51. The highest BCUT2D eigenvalue weighted by Crippen LogP contribution is 2.43. The molecule has 1 aliphatic heterocycles. The molecule has 2 aromatic heterocycles. The Hall–Kier alpha value is -4.99. The molecule has 1 saturated heterocycles. The number of benzene rings is 2. The number of nitrogens with zero attached hydrogens (tertiary/aromatic N) is 6. The van der Waals surface area contributed by atoms with Crippen molar-refractivity contribution in [2.75, 3.05) is 13.2 Å². The summed E-state index contributed by atoms with van der Waals surface area (Å²) in [6.07, 6.45) is 1.49. The number of halogens is 5. The molecule has 2 fully saturated rings. The van der Waals surface area contributed by atoms with Gasteiger partial charge in [-0.2, -0.15) is 19.0 Å². The van der Waals surface area contributed by atoms with Gasteiger partial charge in [0.15, 0.2) is 11.8 Å². The van der Waals surface area contributed by atoms with Gasteiger partial charge in [-0.05, 0) is 53.5 Å². The molecule has 2 aliphatic rings. The molecule has 1 saturated carbocycles. The molecule has 270 valence electrons. The number of alkyl halides is 4. The van der Waals surface area contributed by atoms with Gasteiger partial charge in [0.2, 0.25) is 0 Å². The Morgan fingerprint density at radius 2 is 1.86 bits per heavy atom. The highest BCUT2D eigenvalue weighted by molar-refractivity contribution is 6.33. The number of H-pyrrole nitrogens is 1. The van der Waals surface area contributed by atoms with Crippen molar-refractivity contribution in [2.45, 2.75) is 70.6 Å². The van der Waals surface area contributed by atoms with Gasteiger partial charge in [0, 0.05) is 23.4 Å². The molecule has 51 heavy (non-hydrogen) atoms. The quantitative estimate of drug-likeness (QED) is 0.133. The van der Waals surface area contributed by atoms with Crippen molar-refractivity contribution in [2.24, 2.45) is 5.41 Å². The van der Waals surface area contributed by atoms with E-state index in [0.717, 1.165) is 4.90 Å². The first-order valence-corrected chi connectivity index (χ1v) is 16.5. The molecule has 1 aliphatic carbocycles. The summed E-state index contributed by atoms with van der Waals surface area (Å²) in [6.45, 7) is 1.77. The van der Waals surface area contributed by atoms with E-state index in [4.69, 9.17) is 21.7 Å². The van der Waals surface area contributed by atoms with Gasteiger partial charge in [-0.1, -0.05) is 62.7 Å². The van der Waals surface area contributed by atoms with Crippen LogP contribution in [0.3, 0.4) is 0 Å². The van der Waals surface area contributed by atoms with Crippen molar-refractivity contribution < 1.29 is 31.9 Å². The minimum atomic E-state index is -2.80. The van der Waals surface area contributed by atoms with Crippen LogP contribution >= 0.6 is 11.6 Å². The zero-order valence-electron chi connectivity index (χ0n) is 27.9. The van der Waals surface area contributed by atoms with Crippen molar-refractivity contribution in [3.05, 3.63) is 77.3 Å². The van der Waals surface area contributed by atoms with E-state index in [2.05, 4.69) is 25.6 Å². The number of aromatic nitrogens is 5. The highest BCUT2D eigenvalue weighted by Gasteiger charge is 2.54. The standard InChI is InChI=1S/C34H36ClF4N9O3/c1-33(2,3)17-34(22-7-4-19(5-8-22)21-13-43-47(14-21)30(38)39)29(49)48(31(40)44-34)26(16-51-32(50)46(15-27(36)37)23-9-10-23)20-6-11-25(35)24(12-20)28-41-18-42-45-28/h4-8,11-14,18,23,26-27,30H,9-10,15-17H2,1-3H3,(H2,40,44)(H,41,42,45)/t26-,34-/m1/s1. The zero-order chi connectivity index (χ0) is 36.7. The molecule has 4 aromatic rings. The Morgan fingerprint density at radius 3 is 2.45 bits per heavy atom. The van der Waals surface area contributed by atoms with Crippen LogP contribution in [0.5, 0.6) is 0 Å². The van der Waals surface area contributed by atoms with Gasteiger partial charge >= 0.3 is 12.6 Å². The lowest BCUT2D eigenvalue weighted by Gasteiger charge is -2.35. The number of nitrogens with one attached hydrogen (secondary N) is 3. The Morgan fingerprint density at radius 1 is 1.14 bits per heavy atom. The van der Waals surface area contributed by atoms with Crippen LogP contribution in [-0.2, 0) is 15.1 Å². The molecule has 12 nitrogen and oxygen atoms in total. The second kappa shape index (κ2) is 14.0. The number of carbonyl (C=O) groups excluding carboxylic acids is 2. The van der Waals surface area contributed by atoms with Crippen molar-refractivity contribution >= 4 is 29.6 Å². The van der Waals surface area contributed by atoms with Gasteiger partial charge in [-0.25, -0.2) is 23.2 Å². The van der Waals surface area contributed by atoms with Crippen molar-refractivity contribution in [1.82, 2.24) is 40.1 Å². The Kier molecular flexibility index (Phi) is 9.81. The Balaban J connectivity index is 1.38. The van der Waals surface area contributed by atoms with Crippen LogP contribution in [0.15, 0.2) is 61.2 Å². The summed E-state index contributed by atoms with van der Waals surface area (Å²) in [7, 11) is 0. The number of carbonyl (C=O) groups is 2. The van der Waals surface area contributed by atoms with Crippen molar-refractivity contribution in [1.29, 1.82) is 5.41 Å². The lowest BCUT2D eigenvalue weighted by Crippen LogP contribution is -2.47. The van der Waals surface area contributed by atoms with E-state index in [1.807, 2.05) is 20.8 Å². The summed E-state index contributed by atoms with van der Waals surface area (Å²) < 4.78 is 59.3. The average Bonchev–Trinajstić information content (AvgIpc) is 3.43. The fourth-order valence-corrected chi connectivity index (χ4v) is 6.61. The minimum absolute atomic E-state index is 0.223. The lowest BCUT2D eigenvalue weighted by atomic mass is 9.75.